The first-order chi connectivity index (χ1) is 10.8. The fraction of sp³-hybridized carbons (Fsp3) is 0.632. The van der Waals surface area contributed by atoms with Gasteiger partial charge in [-0.25, -0.2) is 0 Å². The van der Waals surface area contributed by atoms with Crippen LogP contribution in [-0.2, 0) is 0 Å². The average Bonchev–Trinajstić information content (AvgIpc) is 2.59. The van der Waals surface area contributed by atoms with E-state index >= 15 is 0 Å². The molecular formula is C19H29NO2. The van der Waals surface area contributed by atoms with Gasteiger partial charge in [-0.2, -0.15) is 0 Å². The van der Waals surface area contributed by atoms with Crippen LogP contribution < -0.4 is 5.32 Å². The van der Waals surface area contributed by atoms with Gasteiger partial charge in [-0.15, -0.1) is 0 Å². The second-order valence-corrected chi connectivity index (χ2v) is 6.42. The number of hydrogen-bond donors (Lipinski definition) is 2. The van der Waals surface area contributed by atoms with Gasteiger partial charge in [0.25, 0.3) is 5.91 Å². The Morgan fingerprint density at radius 3 is 2.50 bits per heavy atom. The third kappa shape index (κ3) is 5.45. The monoisotopic (exact) mass is 303 g/mol. The number of benzene rings is 1. The van der Waals surface area contributed by atoms with Crippen molar-refractivity contribution >= 4 is 5.91 Å². The molecule has 0 aromatic heterocycles. The van der Waals surface area contributed by atoms with Crippen molar-refractivity contribution in [3.63, 3.8) is 0 Å². The highest BCUT2D eigenvalue weighted by Crippen LogP contribution is 2.29. The van der Waals surface area contributed by atoms with E-state index in [1.54, 1.807) is 0 Å². The van der Waals surface area contributed by atoms with E-state index in [1.165, 1.54) is 32.1 Å². The molecule has 1 unspecified atom stereocenters. The Kier molecular flexibility index (Phi) is 7.44. The van der Waals surface area contributed by atoms with Gasteiger partial charge in [0.1, 0.15) is 0 Å². The Bertz CT molecular complexity index is 426. The highest BCUT2D eigenvalue weighted by Gasteiger charge is 2.25. The largest absolute Gasteiger partial charge is 0.396 e. The predicted octanol–water partition coefficient (Wildman–Crippen LogP) is 3.92. The molecule has 1 aromatic carbocycles. The lowest BCUT2D eigenvalue weighted by Crippen LogP contribution is -2.41. The molecule has 0 spiro atoms. The lowest BCUT2D eigenvalue weighted by Gasteiger charge is -2.31. The van der Waals surface area contributed by atoms with Crippen LogP contribution in [0.4, 0.5) is 0 Å². The third-order valence-corrected chi connectivity index (χ3v) is 4.74. The Morgan fingerprint density at radius 1 is 1.09 bits per heavy atom. The summed E-state index contributed by atoms with van der Waals surface area (Å²) in [6, 6.07) is 9.78. The molecule has 0 bridgehead atoms. The second-order valence-electron chi connectivity index (χ2n) is 6.42. The van der Waals surface area contributed by atoms with E-state index in [0.29, 0.717) is 5.92 Å². The quantitative estimate of drug-likeness (QED) is 0.715. The molecule has 1 aromatic rings. The van der Waals surface area contributed by atoms with Crippen LogP contribution >= 0.6 is 0 Å². The van der Waals surface area contributed by atoms with E-state index in [-0.39, 0.29) is 18.6 Å². The summed E-state index contributed by atoms with van der Waals surface area (Å²) < 4.78 is 0. The summed E-state index contributed by atoms with van der Waals surface area (Å²) >= 11 is 0. The Labute approximate surface area is 134 Å². The number of nitrogens with one attached hydrogen (secondary N) is 1. The molecule has 2 rings (SSSR count). The van der Waals surface area contributed by atoms with Gasteiger partial charge in [0, 0.05) is 18.2 Å². The van der Waals surface area contributed by atoms with Gasteiger partial charge < -0.3 is 10.4 Å². The fourth-order valence-corrected chi connectivity index (χ4v) is 3.46. The Hall–Kier alpha value is -1.35. The maximum atomic E-state index is 12.4. The van der Waals surface area contributed by atoms with E-state index in [0.717, 1.165) is 31.2 Å². The number of aliphatic hydroxyl groups excluding tert-OH is 1. The smallest absolute Gasteiger partial charge is 0.251 e. The van der Waals surface area contributed by atoms with Crippen LogP contribution in [0.15, 0.2) is 30.3 Å². The predicted molar refractivity (Wildman–Crippen MR) is 89.8 cm³/mol. The van der Waals surface area contributed by atoms with Crippen LogP contribution in [0, 0.1) is 5.92 Å². The third-order valence-electron chi connectivity index (χ3n) is 4.74. The van der Waals surface area contributed by atoms with Crippen molar-refractivity contribution in [3.8, 4) is 0 Å². The van der Waals surface area contributed by atoms with E-state index in [4.69, 9.17) is 5.11 Å². The number of rotatable bonds is 8. The van der Waals surface area contributed by atoms with E-state index in [9.17, 15) is 4.79 Å². The topological polar surface area (TPSA) is 49.3 Å². The van der Waals surface area contributed by atoms with Crippen LogP contribution in [0.5, 0.6) is 0 Å². The number of aliphatic hydroxyl groups is 1. The zero-order chi connectivity index (χ0) is 15.6. The Balaban J connectivity index is 1.92. The first kappa shape index (κ1) is 17.0. The molecule has 1 aliphatic rings. The molecule has 1 fully saturated rings. The van der Waals surface area contributed by atoms with Crippen molar-refractivity contribution in [2.45, 2.75) is 63.8 Å². The first-order valence-corrected chi connectivity index (χ1v) is 8.78. The van der Waals surface area contributed by atoms with Gasteiger partial charge in [-0.05, 0) is 43.7 Å². The van der Waals surface area contributed by atoms with Gasteiger partial charge in [0.05, 0.1) is 0 Å². The molecule has 3 heteroatoms. The van der Waals surface area contributed by atoms with Crippen LogP contribution in [0.3, 0.4) is 0 Å². The summed E-state index contributed by atoms with van der Waals surface area (Å²) in [5.41, 5.74) is 0.749. The molecule has 2 N–H and O–H groups in total. The Morgan fingerprint density at radius 2 is 1.82 bits per heavy atom. The molecule has 1 amide bonds. The lowest BCUT2D eigenvalue weighted by molar-refractivity contribution is 0.0907. The van der Waals surface area contributed by atoms with E-state index in [2.05, 4.69) is 5.32 Å². The highest BCUT2D eigenvalue weighted by atomic mass is 16.2. The molecule has 22 heavy (non-hydrogen) atoms. The number of unbranched alkanes of at least 4 members (excludes halogenated alkanes) is 2. The van der Waals surface area contributed by atoms with Gasteiger partial charge in [-0.3, -0.25) is 4.79 Å². The lowest BCUT2D eigenvalue weighted by atomic mass is 9.82. The highest BCUT2D eigenvalue weighted by molar-refractivity contribution is 5.94. The van der Waals surface area contributed by atoms with Crippen LogP contribution in [-0.4, -0.2) is 23.7 Å². The van der Waals surface area contributed by atoms with Gasteiger partial charge in [0.2, 0.25) is 0 Å². The first-order valence-electron chi connectivity index (χ1n) is 8.78. The van der Waals surface area contributed by atoms with Crippen molar-refractivity contribution in [2.75, 3.05) is 6.61 Å². The molecule has 122 valence electrons. The van der Waals surface area contributed by atoms with Crippen molar-refractivity contribution in [2.24, 2.45) is 5.92 Å². The van der Waals surface area contributed by atoms with Crippen molar-refractivity contribution in [3.05, 3.63) is 35.9 Å². The fourth-order valence-electron chi connectivity index (χ4n) is 3.46. The summed E-state index contributed by atoms with van der Waals surface area (Å²) in [6.45, 7) is 0.268. The minimum absolute atomic E-state index is 0.0540. The SMILES string of the molecule is O=C(NC(CCCCCO)C1CCCCC1)c1ccccc1. The zero-order valence-electron chi connectivity index (χ0n) is 13.5. The number of amides is 1. The van der Waals surface area contributed by atoms with Gasteiger partial charge in [-0.1, -0.05) is 50.3 Å². The van der Waals surface area contributed by atoms with Crippen molar-refractivity contribution in [1.82, 2.24) is 5.32 Å². The maximum Gasteiger partial charge on any atom is 0.251 e. The minimum atomic E-state index is 0.0540. The molecule has 0 radical (unpaired) electrons. The molecular weight excluding hydrogens is 274 g/mol. The summed E-state index contributed by atoms with van der Waals surface area (Å²) in [5.74, 6) is 0.675. The number of carbonyl (C=O) groups is 1. The van der Waals surface area contributed by atoms with Gasteiger partial charge >= 0.3 is 0 Å². The second kappa shape index (κ2) is 9.62. The van der Waals surface area contributed by atoms with Crippen molar-refractivity contribution in [1.29, 1.82) is 0 Å². The molecule has 1 atom stereocenters. The molecule has 0 aliphatic heterocycles. The summed E-state index contributed by atoms with van der Waals surface area (Å²) in [4.78, 5) is 12.4. The van der Waals surface area contributed by atoms with Crippen molar-refractivity contribution < 1.29 is 9.90 Å². The molecule has 1 aliphatic carbocycles. The van der Waals surface area contributed by atoms with E-state index in [1.807, 2.05) is 30.3 Å². The molecule has 1 saturated carbocycles. The summed E-state index contributed by atoms with van der Waals surface area (Å²) in [5, 5.41) is 12.2. The zero-order valence-corrected chi connectivity index (χ0v) is 13.5. The van der Waals surface area contributed by atoms with Gasteiger partial charge in [0.15, 0.2) is 0 Å². The summed E-state index contributed by atoms with van der Waals surface area (Å²) in [7, 11) is 0. The molecule has 0 saturated heterocycles. The van der Waals surface area contributed by atoms with E-state index < -0.39 is 0 Å². The minimum Gasteiger partial charge on any atom is -0.396 e. The number of carbonyl (C=O) groups excluding carboxylic acids is 1. The number of hydrogen-bond acceptors (Lipinski definition) is 2. The summed E-state index contributed by atoms with van der Waals surface area (Å²) in [6.07, 6.45) is 10.4. The average molecular weight is 303 g/mol. The normalized spacial score (nSPS) is 17.1. The standard InChI is InChI=1S/C19H29NO2/c21-15-9-3-8-14-18(16-10-4-1-5-11-16)20-19(22)17-12-6-2-7-13-17/h2,6-7,12-13,16,18,21H,1,3-5,8-11,14-15H2,(H,20,22). The molecule has 3 nitrogen and oxygen atoms in total. The van der Waals surface area contributed by atoms with Crippen LogP contribution in [0.25, 0.3) is 0 Å². The van der Waals surface area contributed by atoms with Crippen LogP contribution in [0.2, 0.25) is 0 Å². The maximum absolute atomic E-state index is 12.4. The van der Waals surface area contributed by atoms with Crippen LogP contribution in [0.1, 0.15) is 68.1 Å². The molecule has 0 heterocycles.